The van der Waals surface area contributed by atoms with Crippen LogP contribution < -0.4 is 5.32 Å². The van der Waals surface area contributed by atoms with Crippen LogP contribution in [0, 0.1) is 60.2 Å². The number of anilines is 1. The number of rotatable bonds is 5. The monoisotopic (exact) mass is 502 g/mol. The highest BCUT2D eigenvalue weighted by Gasteiger charge is 2.62. The van der Waals surface area contributed by atoms with Crippen LogP contribution in [-0.2, 0) is 4.79 Å². The number of carbonyl (C=O) groups excluding carboxylic acids is 1. The number of hydrogen-bond donors (Lipinski definition) is 3. The maximum atomic E-state index is 12.6. The molecule has 0 aliphatic heterocycles. The van der Waals surface area contributed by atoms with Gasteiger partial charge in [-0.05, 0) is 118 Å². The Bertz CT molecular complexity index is 929. The summed E-state index contributed by atoms with van der Waals surface area (Å²) in [6, 6.07) is 0. The highest BCUT2D eigenvalue weighted by atomic mass is 32.1. The van der Waals surface area contributed by atoms with Gasteiger partial charge < -0.3 is 15.5 Å². The second-order valence-corrected chi connectivity index (χ2v) is 14.4. The van der Waals surface area contributed by atoms with Gasteiger partial charge in [-0.2, -0.15) is 0 Å². The molecule has 4 fully saturated rings. The molecule has 0 bridgehead atoms. The van der Waals surface area contributed by atoms with Crippen molar-refractivity contribution in [2.24, 2.45) is 46.3 Å². The van der Waals surface area contributed by atoms with Crippen molar-refractivity contribution < 1.29 is 15.0 Å². The fourth-order valence-corrected chi connectivity index (χ4v) is 10.3. The first-order valence-corrected chi connectivity index (χ1v) is 14.9. The van der Waals surface area contributed by atoms with Crippen molar-refractivity contribution in [2.45, 2.75) is 111 Å². The predicted molar refractivity (Wildman–Crippen MR) is 141 cm³/mol. The fraction of sp³-hybridized carbons (Fsp3) is 0.862. The molecule has 1 aromatic heterocycles. The van der Waals surface area contributed by atoms with Gasteiger partial charge in [0.1, 0.15) is 0 Å². The van der Waals surface area contributed by atoms with Crippen LogP contribution in [-0.4, -0.2) is 33.3 Å². The lowest BCUT2D eigenvalue weighted by atomic mass is 9.43. The molecule has 5 nitrogen and oxygen atoms in total. The summed E-state index contributed by atoms with van der Waals surface area (Å²) in [4.78, 5) is 18.3. The average Bonchev–Trinajstić information content (AvgIpc) is 3.31. The zero-order valence-corrected chi connectivity index (χ0v) is 23.2. The topological polar surface area (TPSA) is 82.5 Å². The molecule has 5 rings (SSSR count). The molecule has 0 aromatic carbocycles. The zero-order valence-electron chi connectivity index (χ0n) is 22.3. The third-order valence-corrected chi connectivity index (χ3v) is 12.5. The van der Waals surface area contributed by atoms with E-state index in [0.717, 1.165) is 47.8 Å². The minimum Gasteiger partial charge on any atom is -0.393 e. The molecule has 1 aromatic rings. The van der Waals surface area contributed by atoms with Crippen molar-refractivity contribution in [1.82, 2.24) is 4.98 Å². The van der Waals surface area contributed by atoms with Gasteiger partial charge in [-0.25, -0.2) is 4.98 Å². The number of nitrogens with zero attached hydrogens (tertiary/aromatic N) is 1. The van der Waals surface area contributed by atoms with E-state index < -0.39 is 0 Å². The number of aliphatic hydroxyl groups is 2. The zero-order chi connectivity index (χ0) is 25.1. The van der Waals surface area contributed by atoms with Crippen LogP contribution in [0.2, 0.25) is 0 Å². The highest BCUT2D eigenvalue weighted by molar-refractivity contribution is 7.15. The summed E-state index contributed by atoms with van der Waals surface area (Å²) in [6.07, 6.45) is 9.75. The number of carbonyl (C=O) groups is 1. The molecule has 1 amide bonds. The van der Waals surface area contributed by atoms with E-state index in [-0.39, 0.29) is 28.9 Å². The normalized spacial score (nSPS) is 43.7. The Morgan fingerprint density at radius 2 is 1.80 bits per heavy atom. The van der Waals surface area contributed by atoms with Gasteiger partial charge in [0.25, 0.3) is 0 Å². The number of aliphatic hydroxyl groups excluding tert-OH is 2. The Morgan fingerprint density at radius 1 is 1.09 bits per heavy atom. The number of nitrogens with one attached hydrogen (secondary N) is 1. The molecule has 3 N–H and O–H groups in total. The molecular formula is C29H46N2O3S. The summed E-state index contributed by atoms with van der Waals surface area (Å²) in [6.45, 7) is 11.4. The quantitative estimate of drug-likeness (QED) is 0.454. The van der Waals surface area contributed by atoms with Gasteiger partial charge in [0.15, 0.2) is 5.13 Å². The number of aryl methyl sites for hydroxylation is 2. The lowest BCUT2D eigenvalue weighted by Gasteiger charge is -2.62. The van der Waals surface area contributed by atoms with Crippen molar-refractivity contribution in [3.63, 3.8) is 0 Å². The van der Waals surface area contributed by atoms with Gasteiger partial charge in [0.05, 0.1) is 17.9 Å². The second kappa shape index (κ2) is 9.40. The Labute approximate surface area is 215 Å². The summed E-state index contributed by atoms with van der Waals surface area (Å²) >= 11 is 1.55. The SMILES string of the molecule is Cc1nc(NC(=O)CC[C@@H](C)[C@H]2CC[C@H]3[C@@H]4[C@@H](O)C[C@@H]5C[C@H](O)CC[C@]5(C)[C@H]4CC[C@]23C)sc1C. The molecule has 10 atom stereocenters. The summed E-state index contributed by atoms with van der Waals surface area (Å²) in [5.74, 6) is 3.25. The number of aromatic nitrogens is 1. The number of thiazole rings is 1. The van der Waals surface area contributed by atoms with Crippen molar-refractivity contribution in [3.05, 3.63) is 10.6 Å². The van der Waals surface area contributed by atoms with E-state index in [1.165, 1.54) is 25.7 Å². The summed E-state index contributed by atoms with van der Waals surface area (Å²) < 4.78 is 0. The van der Waals surface area contributed by atoms with Crippen LogP contribution in [0.5, 0.6) is 0 Å². The molecule has 4 aliphatic rings. The Kier molecular flexibility index (Phi) is 6.89. The second-order valence-electron chi connectivity index (χ2n) is 13.2. The van der Waals surface area contributed by atoms with E-state index >= 15 is 0 Å². The van der Waals surface area contributed by atoms with Gasteiger partial charge in [0, 0.05) is 11.3 Å². The van der Waals surface area contributed by atoms with Crippen LogP contribution >= 0.6 is 11.3 Å². The third-order valence-electron chi connectivity index (χ3n) is 11.5. The number of hydrogen-bond acceptors (Lipinski definition) is 5. The fourth-order valence-electron chi connectivity index (χ4n) is 9.44. The molecule has 0 spiro atoms. The molecule has 1 heterocycles. The first-order chi connectivity index (χ1) is 16.5. The van der Waals surface area contributed by atoms with Crippen LogP contribution in [0.1, 0.15) is 95.6 Å². The number of fused-ring (bicyclic) bond motifs is 5. The molecule has 35 heavy (non-hydrogen) atoms. The van der Waals surface area contributed by atoms with Crippen LogP contribution in [0.3, 0.4) is 0 Å². The van der Waals surface area contributed by atoms with Crippen LogP contribution in [0.25, 0.3) is 0 Å². The van der Waals surface area contributed by atoms with Crippen molar-refractivity contribution in [2.75, 3.05) is 5.32 Å². The standard InChI is InChI=1S/C29H46N2O3S/c1-16(6-9-25(34)31-27-30-17(2)18(3)35-27)21-7-8-22-26-23(11-13-29(21,22)5)28(4)12-10-20(32)14-19(28)15-24(26)33/h16,19-24,26,32-33H,6-15H2,1-5H3,(H,30,31,34)/t16-,19+,20-,21-,22+,23+,24+,26+,28+,29-/m1/s1. The first kappa shape index (κ1) is 25.7. The molecule has 196 valence electrons. The van der Waals surface area contributed by atoms with Gasteiger partial charge >= 0.3 is 0 Å². The van der Waals surface area contributed by atoms with Gasteiger partial charge in [0.2, 0.25) is 5.91 Å². The Morgan fingerprint density at radius 3 is 2.51 bits per heavy atom. The molecule has 0 radical (unpaired) electrons. The van der Waals surface area contributed by atoms with E-state index in [1.807, 2.05) is 13.8 Å². The summed E-state index contributed by atoms with van der Waals surface area (Å²) in [5, 5.41) is 25.5. The largest absolute Gasteiger partial charge is 0.393 e. The maximum absolute atomic E-state index is 12.6. The first-order valence-electron chi connectivity index (χ1n) is 14.1. The van der Waals surface area contributed by atoms with Crippen molar-refractivity contribution >= 4 is 22.4 Å². The maximum Gasteiger partial charge on any atom is 0.226 e. The summed E-state index contributed by atoms with van der Waals surface area (Å²) in [5.41, 5.74) is 1.53. The molecule has 0 unspecified atom stereocenters. The van der Waals surface area contributed by atoms with Crippen molar-refractivity contribution in [3.8, 4) is 0 Å². The van der Waals surface area contributed by atoms with Gasteiger partial charge in [-0.15, -0.1) is 11.3 Å². The van der Waals surface area contributed by atoms with Crippen molar-refractivity contribution in [1.29, 1.82) is 0 Å². The molecule has 6 heteroatoms. The van der Waals surface area contributed by atoms with Gasteiger partial charge in [-0.3, -0.25) is 4.79 Å². The number of amides is 1. The van der Waals surface area contributed by atoms with E-state index in [0.29, 0.717) is 41.9 Å². The van der Waals surface area contributed by atoms with E-state index in [4.69, 9.17) is 0 Å². The predicted octanol–water partition coefficient (Wildman–Crippen LogP) is 6.11. The molecule has 0 saturated heterocycles. The Hall–Kier alpha value is -0.980. The smallest absolute Gasteiger partial charge is 0.226 e. The lowest BCUT2D eigenvalue weighted by molar-refractivity contribution is -0.174. The summed E-state index contributed by atoms with van der Waals surface area (Å²) in [7, 11) is 0. The molecule has 4 saturated carbocycles. The molecular weight excluding hydrogens is 456 g/mol. The van der Waals surface area contributed by atoms with E-state index in [2.05, 4.69) is 31.1 Å². The van der Waals surface area contributed by atoms with E-state index in [9.17, 15) is 15.0 Å². The minimum absolute atomic E-state index is 0.0789. The van der Waals surface area contributed by atoms with Crippen LogP contribution in [0.15, 0.2) is 0 Å². The average molecular weight is 503 g/mol. The minimum atomic E-state index is -0.224. The van der Waals surface area contributed by atoms with Gasteiger partial charge in [-0.1, -0.05) is 20.8 Å². The highest BCUT2D eigenvalue weighted by Crippen LogP contribution is 2.68. The molecule has 4 aliphatic carbocycles. The van der Waals surface area contributed by atoms with Crippen LogP contribution in [0.4, 0.5) is 5.13 Å². The van der Waals surface area contributed by atoms with E-state index in [1.54, 1.807) is 11.3 Å². The third kappa shape index (κ3) is 4.40. The Balaban J connectivity index is 1.24. The lowest BCUT2D eigenvalue weighted by Crippen LogP contribution is -2.58.